The number of sulfonamides is 1. The summed E-state index contributed by atoms with van der Waals surface area (Å²) in [5.41, 5.74) is 3.73. The fraction of sp³-hybridized carbons (Fsp3) is 0.667. The van der Waals surface area contributed by atoms with Crippen molar-refractivity contribution in [2.45, 2.75) is 33.9 Å². The fourth-order valence-corrected chi connectivity index (χ4v) is 2.69. The number of hydrogen-bond acceptors (Lipinski definition) is 3. The molecule has 0 amide bonds. The summed E-state index contributed by atoms with van der Waals surface area (Å²) >= 11 is 0. The van der Waals surface area contributed by atoms with Crippen LogP contribution >= 0.6 is 0 Å². The van der Waals surface area contributed by atoms with Gasteiger partial charge in [0.1, 0.15) is 0 Å². The summed E-state index contributed by atoms with van der Waals surface area (Å²) < 4.78 is 27.0. The third kappa shape index (κ3) is 3.83. The Labute approximate surface area is 110 Å². The van der Waals surface area contributed by atoms with Gasteiger partial charge >= 0.3 is 0 Å². The van der Waals surface area contributed by atoms with Crippen molar-refractivity contribution in [1.82, 2.24) is 14.6 Å². The molecule has 0 aliphatic carbocycles. The largest absolute Gasteiger partial charge is 0.349 e. The lowest BCUT2D eigenvalue weighted by molar-refractivity contribution is 0.583. The third-order valence-electron chi connectivity index (χ3n) is 3.17. The van der Waals surface area contributed by atoms with E-state index in [1.165, 1.54) is 24.0 Å². The Kier molecular flexibility index (Phi) is 5.37. The summed E-state index contributed by atoms with van der Waals surface area (Å²) in [7, 11) is -1.67. The maximum Gasteiger partial charge on any atom is 0.212 e. The van der Waals surface area contributed by atoms with Crippen molar-refractivity contribution >= 4 is 10.0 Å². The molecule has 0 aliphatic heterocycles. The molecule has 6 heteroatoms. The monoisotopic (exact) mass is 273 g/mol. The smallest absolute Gasteiger partial charge is 0.212 e. The number of nitrogens with one attached hydrogen (secondary N) is 2. The molecule has 0 saturated carbocycles. The number of rotatable bonds is 7. The minimum atomic E-state index is -3.11. The Hall–Kier alpha value is -0.850. The van der Waals surface area contributed by atoms with Crippen molar-refractivity contribution < 1.29 is 8.42 Å². The molecule has 18 heavy (non-hydrogen) atoms. The summed E-state index contributed by atoms with van der Waals surface area (Å²) in [6.07, 6.45) is 0. The molecule has 0 radical (unpaired) electrons. The standard InChI is InChI=1S/C12H23N3O2S/c1-5-15-10(2)8-12(11(15)3)9-14-6-7-18(16,17)13-4/h8,13-14H,5-7,9H2,1-4H3. The number of aromatic nitrogens is 1. The minimum Gasteiger partial charge on any atom is -0.349 e. The van der Waals surface area contributed by atoms with E-state index in [9.17, 15) is 8.42 Å². The highest BCUT2D eigenvalue weighted by Crippen LogP contribution is 2.14. The van der Waals surface area contributed by atoms with E-state index in [1.807, 2.05) is 0 Å². The van der Waals surface area contributed by atoms with Gasteiger partial charge in [0, 0.05) is 31.0 Å². The predicted octanol–water partition coefficient (Wildman–Crippen LogP) is 0.764. The predicted molar refractivity (Wildman–Crippen MR) is 74.1 cm³/mol. The summed E-state index contributed by atoms with van der Waals surface area (Å²) in [4.78, 5) is 0. The highest BCUT2D eigenvalue weighted by atomic mass is 32.2. The summed E-state index contributed by atoms with van der Waals surface area (Å²) in [6.45, 7) is 8.43. The van der Waals surface area contributed by atoms with Crippen molar-refractivity contribution in [3.63, 3.8) is 0 Å². The minimum absolute atomic E-state index is 0.107. The normalized spacial score (nSPS) is 12.0. The second kappa shape index (κ2) is 6.36. The van der Waals surface area contributed by atoms with Gasteiger partial charge in [-0.3, -0.25) is 0 Å². The Morgan fingerprint density at radius 3 is 2.50 bits per heavy atom. The van der Waals surface area contributed by atoms with E-state index in [0.717, 1.165) is 6.54 Å². The van der Waals surface area contributed by atoms with Gasteiger partial charge < -0.3 is 9.88 Å². The van der Waals surface area contributed by atoms with E-state index in [0.29, 0.717) is 13.1 Å². The van der Waals surface area contributed by atoms with Crippen molar-refractivity contribution in [2.75, 3.05) is 19.3 Å². The zero-order valence-corrected chi connectivity index (χ0v) is 12.4. The van der Waals surface area contributed by atoms with E-state index in [2.05, 4.69) is 41.4 Å². The molecule has 1 aromatic rings. The molecule has 0 spiro atoms. The molecule has 1 aromatic heterocycles. The van der Waals surface area contributed by atoms with Gasteiger partial charge in [-0.15, -0.1) is 0 Å². The van der Waals surface area contributed by atoms with Gasteiger partial charge in [-0.1, -0.05) is 0 Å². The van der Waals surface area contributed by atoms with Crippen LogP contribution in [-0.2, 0) is 23.1 Å². The van der Waals surface area contributed by atoms with Crippen LogP contribution in [-0.4, -0.2) is 32.3 Å². The molecule has 0 saturated heterocycles. The van der Waals surface area contributed by atoms with Crippen molar-refractivity contribution in [3.8, 4) is 0 Å². The molecule has 1 heterocycles. The van der Waals surface area contributed by atoms with E-state index in [1.54, 1.807) is 0 Å². The molecule has 104 valence electrons. The van der Waals surface area contributed by atoms with Crippen LogP contribution in [0.1, 0.15) is 23.9 Å². The first-order chi connectivity index (χ1) is 8.41. The van der Waals surface area contributed by atoms with Gasteiger partial charge in [-0.05, 0) is 39.4 Å². The van der Waals surface area contributed by atoms with Crippen molar-refractivity contribution in [3.05, 3.63) is 23.0 Å². The van der Waals surface area contributed by atoms with Crippen LogP contribution in [0.5, 0.6) is 0 Å². The van der Waals surface area contributed by atoms with Crippen molar-refractivity contribution in [2.24, 2.45) is 0 Å². The lowest BCUT2D eigenvalue weighted by Crippen LogP contribution is -2.29. The van der Waals surface area contributed by atoms with Crippen LogP contribution in [0.15, 0.2) is 6.07 Å². The molecular weight excluding hydrogens is 250 g/mol. The third-order valence-corrected chi connectivity index (χ3v) is 4.53. The van der Waals surface area contributed by atoms with Crippen LogP contribution in [0.2, 0.25) is 0 Å². The second-order valence-corrected chi connectivity index (χ2v) is 6.39. The summed E-state index contributed by atoms with van der Waals surface area (Å²) in [6, 6.07) is 2.15. The Balaban J connectivity index is 2.50. The first-order valence-electron chi connectivity index (χ1n) is 6.18. The molecule has 0 bridgehead atoms. The summed E-state index contributed by atoms with van der Waals surface area (Å²) in [5.74, 6) is 0.107. The topological polar surface area (TPSA) is 63.1 Å². The highest BCUT2D eigenvalue weighted by molar-refractivity contribution is 7.89. The number of aryl methyl sites for hydroxylation is 1. The molecule has 5 nitrogen and oxygen atoms in total. The number of nitrogens with zero attached hydrogens (tertiary/aromatic N) is 1. The van der Waals surface area contributed by atoms with Crippen LogP contribution in [0.4, 0.5) is 0 Å². The molecular formula is C12H23N3O2S. The van der Waals surface area contributed by atoms with E-state index in [4.69, 9.17) is 0 Å². The number of hydrogen-bond donors (Lipinski definition) is 2. The molecule has 0 aliphatic rings. The molecule has 0 unspecified atom stereocenters. The molecule has 2 N–H and O–H groups in total. The molecule has 0 aromatic carbocycles. The first kappa shape index (κ1) is 15.2. The van der Waals surface area contributed by atoms with Crippen LogP contribution < -0.4 is 10.0 Å². The summed E-state index contributed by atoms with van der Waals surface area (Å²) in [5, 5.41) is 3.17. The zero-order chi connectivity index (χ0) is 13.8. The first-order valence-corrected chi connectivity index (χ1v) is 7.84. The van der Waals surface area contributed by atoms with Gasteiger partial charge in [0.05, 0.1) is 5.75 Å². The quantitative estimate of drug-likeness (QED) is 0.721. The van der Waals surface area contributed by atoms with Gasteiger partial charge in [-0.25, -0.2) is 13.1 Å². The van der Waals surface area contributed by atoms with Gasteiger partial charge in [0.2, 0.25) is 10.0 Å². The SMILES string of the molecule is CCn1c(C)cc(CNCCS(=O)(=O)NC)c1C. The van der Waals surface area contributed by atoms with Gasteiger partial charge in [0.25, 0.3) is 0 Å². The Morgan fingerprint density at radius 2 is 2.00 bits per heavy atom. The van der Waals surface area contributed by atoms with E-state index >= 15 is 0 Å². The molecule has 0 fully saturated rings. The second-order valence-electron chi connectivity index (χ2n) is 4.34. The van der Waals surface area contributed by atoms with Crippen molar-refractivity contribution in [1.29, 1.82) is 0 Å². The average molecular weight is 273 g/mol. The van der Waals surface area contributed by atoms with Crippen LogP contribution in [0.3, 0.4) is 0 Å². The lowest BCUT2D eigenvalue weighted by atomic mass is 10.2. The average Bonchev–Trinajstić information content (AvgIpc) is 2.60. The van der Waals surface area contributed by atoms with E-state index in [-0.39, 0.29) is 5.75 Å². The lowest BCUT2D eigenvalue weighted by Gasteiger charge is -2.07. The fourth-order valence-electron chi connectivity index (χ4n) is 2.07. The maximum absolute atomic E-state index is 11.2. The zero-order valence-electron chi connectivity index (χ0n) is 11.6. The van der Waals surface area contributed by atoms with Gasteiger partial charge in [0.15, 0.2) is 0 Å². The van der Waals surface area contributed by atoms with Crippen LogP contribution in [0.25, 0.3) is 0 Å². The molecule has 1 rings (SSSR count). The van der Waals surface area contributed by atoms with Crippen LogP contribution in [0, 0.1) is 13.8 Å². The Bertz CT molecular complexity index is 492. The molecule has 0 atom stereocenters. The van der Waals surface area contributed by atoms with E-state index < -0.39 is 10.0 Å². The maximum atomic E-state index is 11.2. The van der Waals surface area contributed by atoms with Gasteiger partial charge in [-0.2, -0.15) is 0 Å². The highest BCUT2D eigenvalue weighted by Gasteiger charge is 2.08. The Morgan fingerprint density at radius 1 is 1.33 bits per heavy atom.